The van der Waals surface area contributed by atoms with Gasteiger partial charge >= 0.3 is 11.9 Å². The highest BCUT2D eigenvalue weighted by molar-refractivity contribution is 5.67. The largest absolute Gasteiger partial charge is 0.462 e. The summed E-state index contributed by atoms with van der Waals surface area (Å²) in [5.74, 6) is 2.42. The molecule has 27 heavy (non-hydrogen) atoms. The highest BCUT2D eigenvalue weighted by atomic mass is 16.5. The number of carbonyl (C=O) groups is 2. The second-order valence-corrected chi connectivity index (χ2v) is 9.61. The van der Waals surface area contributed by atoms with Crippen molar-refractivity contribution in [3.05, 3.63) is 23.5 Å². The molecule has 0 bridgehead atoms. The lowest BCUT2D eigenvalue weighted by Crippen LogP contribution is -2.50. The normalized spacial score (nSPS) is 42.8. The lowest BCUT2D eigenvalue weighted by molar-refractivity contribution is -0.156. The molecule has 0 aromatic carbocycles. The number of hydrogen-bond acceptors (Lipinski definition) is 4. The molecule has 0 spiro atoms. The van der Waals surface area contributed by atoms with Crippen molar-refractivity contribution in [2.24, 2.45) is 28.6 Å². The Morgan fingerprint density at radius 2 is 1.81 bits per heavy atom. The Morgan fingerprint density at radius 3 is 2.52 bits per heavy atom. The third-order valence-electron chi connectivity index (χ3n) is 8.23. The molecule has 0 saturated heterocycles. The number of fused-ring (bicyclic) bond motifs is 5. The van der Waals surface area contributed by atoms with Gasteiger partial charge in [-0.25, -0.2) is 0 Å². The fourth-order valence-corrected chi connectivity index (χ4v) is 6.91. The van der Waals surface area contributed by atoms with Crippen molar-refractivity contribution in [3.63, 3.8) is 0 Å². The first-order valence-electron chi connectivity index (χ1n) is 10.5. The summed E-state index contributed by atoms with van der Waals surface area (Å²) < 4.78 is 11.1. The first-order chi connectivity index (χ1) is 12.7. The van der Waals surface area contributed by atoms with Crippen molar-refractivity contribution in [1.29, 1.82) is 0 Å². The zero-order valence-corrected chi connectivity index (χ0v) is 17.0. The molecule has 0 aromatic heterocycles. The van der Waals surface area contributed by atoms with Crippen LogP contribution in [0.15, 0.2) is 23.5 Å². The summed E-state index contributed by atoms with van der Waals surface area (Å²) in [4.78, 5) is 22.9. The van der Waals surface area contributed by atoms with Gasteiger partial charge in [-0.15, -0.1) is 0 Å². The molecule has 4 nitrogen and oxygen atoms in total. The number of allylic oxidation sites excluding steroid dienone is 4. The van der Waals surface area contributed by atoms with Crippen molar-refractivity contribution >= 4 is 11.9 Å². The quantitative estimate of drug-likeness (QED) is 0.644. The molecule has 6 atom stereocenters. The van der Waals surface area contributed by atoms with Gasteiger partial charge in [-0.1, -0.05) is 19.9 Å². The molecule has 1 unspecified atom stereocenters. The summed E-state index contributed by atoms with van der Waals surface area (Å²) >= 11 is 0. The number of esters is 2. The average molecular weight is 373 g/mol. The van der Waals surface area contributed by atoms with Gasteiger partial charge in [0.15, 0.2) is 0 Å². The van der Waals surface area contributed by atoms with E-state index < -0.39 is 0 Å². The van der Waals surface area contributed by atoms with Crippen LogP contribution in [0.1, 0.15) is 72.6 Å². The van der Waals surface area contributed by atoms with Crippen LogP contribution in [-0.4, -0.2) is 18.0 Å². The van der Waals surface area contributed by atoms with E-state index in [-0.39, 0.29) is 28.9 Å². The smallest absolute Gasteiger partial charge is 0.307 e. The van der Waals surface area contributed by atoms with Crippen molar-refractivity contribution in [2.75, 3.05) is 0 Å². The summed E-state index contributed by atoms with van der Waals surface area (Å²) in [6, 6.07) is 0. The van der Waals surface area contributed by atoms with E-state index in [0.29, 0.717) is 17.8 Å². The number of hydrogen-bond donors (Lipinski definition) is 0. The minimum absolute atomic E-state index is 0.0842. The Morgan fingerprint density at radius 1 is 1.04 bits per heavy atom. The molecule has 0 aromatic rings. The van der Waals surface area contributed by atoms with Crippen LogP contribution < -0.4 is 0 Å². The molecule has 0 amide bonds. The summed E-state index contributed by atoms with van der Waals surface area (Å²) in [5.41, 5.74) is 1.67. The maximum absolute atomic E-state index is 11.6. The van der Waals surface area contributed by atoms with E-state index >= 15 is 0 Å². The van der Waals surface area contributed by atoms with Crippen LogP contribution in [0, 0.1) is 28.6 Å². The van der Waals surface area contributed by atoms with Gasteiger partial charge in [0.05, 0.1) is 0 Å². The van der Waals surface area contributed by atoms with E-state index in [1.54, 1.807) is 0 Å². The second-order valence-electron chi connectivity index (χ2n) is 9.61. The predicted molar refractivity (Wildman–Crippen MR) is 102 cm³/mol. The van der Waals surface area contributed by atoms with Crippen LogP contribution in [0.3, 0.4) is 0 Å². The van der Waals surface area contributed by atoms with Crippen molar-refractivity contribution in [1.82, 2.24) is 0 Å². The van der Waals surface area contributed by atoms with Crippen LogP contribution in [0.25, 0.3) is 0 Å². The van der Waals surface area contributed by atoms with E-state index in [0.717, 1.165) is 37.9 Å². The average Bonchev–Trinajstić information content (AvgIpc) is 2.91. The van der Waals surface area contributed by atoms with E-state index in [9.17, 15) is 9.59 Å². The molecule has 4 heteroatoms. The van der Waals surface area contributed by atoms with Crippen molar-refractivity contribution in [2.45, 2.75) is 78.7 Å². The van der Waals surface area contributed by atoms with E-state index in [1.807, 2.05) is 0 Å². The monoisotopic (exact) mass is 372 g/mol. The molecule has 0 aliphatic heterocycles. The predicted octanol–water partition coefficient (Wildman–Crippen LogP) is 4.94. The van der Waals surface area contributed by atoms with Crippen molar-refractivity contribution in [3.8, 4) is 0 Å². The topological polar surface area (TPSA) is 52.6 Å². The van der Waals surface area contributed by atoms with Gasteiger partial charge in [-0.05, 0) is 73.3 Å². The Bertz CT molecular complexity index is 720. The minimum Gasteiger partial charge on any atom is -0.462 e. The third-order valence-corrected chi connectivity index (χ3v) is 8.23. The molecular formula is C23H32O4. The van der Waals surface area contributed by atoms with Crippen LogP contribution in [0.2, 0.25) is 0 Å². The summed E-state index contributed by atoms with van der Waals surface area (Å²) in [6.45, 7) is 7.78. The zero-order chi connectivity index (χ0) is 19.4. The van der Waals surface area contributed by atoms with Gasteiger partial charge in [-0.3, -0.25) is 9.59 Å². The standard InChI is InChI=1S/C23H32O4/c1-14(24)26-17-9-11-22(3)16(13-17)5-6-18-19-7-8-21(27-15(2)25)23(19,4)12-10-20(18)22/h5,13,18-21H,6-12H2,1-4H3/t18-,19-,20-,21?,22-,23-/m0/s1. The van der Waals surface area contributed by atoms with E-state index in [4.69, 9.17) is 9.47 Å². The fourth-order valence-electron chi connectivity index (χ4n) is 6.91. The number of rotatable bonds is 2. The Kier molecular flexibility index (Phi) is 4.51. The number of carbonyl (C=O) groups excluding carboxylic acids is 2. The van der Waals surface area contributed by atoms with Gasteiger partial charge in [0.2, 0.25) is 0 Å². The second kappa shape index (κ2) is 6.49. The molecule has 0 heterocycles. The molecule has 0 N–H and O–H groups in total. The highest BCUT2D eigenvalue weighted by Crippen LogP contribution is 2.64. The zero-order valence-electron chi connectivity index (χ0n) is 17.0. The van der Waals surface area contributed by atoms with Gasteiger partial charge in [0.1, 0.15) is 11.9 Å². The lowest BCUT2D eigenvalue weighted by Gasteiger charge is -2.56. The maximum atomic E-state index is 11.6. The molecule has 4 rings (SSSR count). The van der Waals surface area contributed by atoms with E-state index in [1.165, 1.54) is 32.3 Å². The van der Waals surface area contributed by atoms with Crippen LogP contribution in [0.5, 0.6) is 0 Å². The van der Waals surface area contributed by atoms with Gasteiger partial charge in [0, 0.05) is 25.7 Å². The molecule has 148 valence electrons. The van der Waals surface area contributed by atoms with Crippen LogP contribution in [0.4, 0.5) is 0 Å². The lowest BCUT2D eigenvalue weighted by atomic mass is 9.48. The van der Waals surface area contributed by atoms with Crippen molar-refractivity contribution < 1.29 is 19.1 Å². The molecule has 2 saturated carbocycles. The summed E-state index contributed by atoms with van der Waals surface area (Å²) in [5, 5.41) is 0. The van der Waals surface area contributed by atoms with E-state index in [2.05, 4.69) is 26.0 Å². The maximum Gasteiger partial charge on any atom is 0.307 e. The van der Waals surface area contributed by atoms with Crippen LogP contribution >= 0.6 is 0 Å². The molecule has 0 radical (unpaired) electrons. The van der Waals surface area contributed by atoms with Gasteiger partial charge < -0.3 is 9.47 Å². The summed E-state index contributed by atoms with van der Waals surface area (Å²) in [6.07, 6.45) is 12.1. The Balaban J connectivity index is 1.60. The minimum atomic E-state index is -0.227. The third kappa shape index (κ3) is 2.96. The highest BCUT2D eigenvalue weighted by Gasteiger charge is 2.59. The molecule has 2 fully saturated rings. The first-order valence-corrected chi connectivity index (χ1v) is 10.5. The number of ether oxygens (including phenoxy) is 2. The first kappa shape index (κ1) is 18.8. The fraction of sp³-hybridized carbons (Fsp3) is 0.739. The summed E-state index contributed by atoms with van der Waals surface area (Å²) in [7, 11) is 0. The molecule has 4 aliphatic rings. The molecular weight excluding hydrogens is 340 g/mol. The SMILES string of the molecule is CC(=O)OC1=CC2=CC[C@@H]3[C@H](CC[C@]4(C)C(OC(C)=O)CC[C@@H]34)[C@@]2(C)CC1. The molecule has 4 aliphatic carbocycles. The van der Waals surface area contributed by atoms with Crippen LogP contribution in [-0.2, 0) is 19.1 Å². The Labute approximate surface area is 162 Å². The van der Waals surface area contributed by atoms with Gasteiger partial charge in [-0.2, -0.15) is 0 Å². The van der Waals surface area contributed by atoms with Gasteiger partial charge in [0.25, 0.3) is 0 Å². The Hall–Kier alpha value is -1.58.